The summed E-state index contributed by atoms with van der Waals surface area (Å²) in [5.41, 5.74) is 3.22. The first-order valence-corrected chi connectivity index (χ1v) is 9.48. The van der Waals surface area contributed by atoms with Gasteiger partial charge in [-0.3, -0.25) is 9.59 Å². The lowest BCUT2D eigenvalue weighted by molar-refractivity contribution is 0.0954. The third kappa shape index (κ3) is 4.23. The van der Waals surface area contributed by atoms with Gasteiger partial charge in [0.1, 0.15) is 5.69 Å². The molecule has 1 N–H and O–H groups in total. The second-order valence-corrected chi connectivity index (χ2v) is 6.65. The highest BCUT2D eigenvalue weighted by Gasteiger charge is 2.11. The number of fused-ring (bicyclic) bond motifs is 1. The van der Waals surface area contributed by atoms with Gasteiger partial charge in [0.15, 0.2) is 11.5 Å². The second kappa shape index (κ2) is 8.77. The summed E-state index contributed by atoms with van der Waals surface area (Å²) in [5.74, 6) is 1.15. The molecule has 0 radical (unpaired) electrons. The maximum Gasteiger partial charge on any atom is 0.272 e. The third-order valence-corrected chi connectivity index (χ3v) is 4.83. The van der Waals surface area contributed by atoms with E-state index >= 15 is 0 Å². The van der Waals surface area contributed by atoms with Crippen LogP contribution in [0.4, 0.5) is 0 Å². The number of hydrogen-bond acceptors (Lipinski definition) is 5. The van der Waals surface area contributed by atoms with Crippen molar-refractivity contribution in [2.24, 2.45) is 0 Å². The fraction of sp³-hybridized carbons (Fsp3) is 0.318. The van der Waals surface area contributed by atoms with E-state index in [0.29, 0.717) is 47.8 Å². The number of rotatable bonds is 7. The average molecular weight is 395 g/mol. The third-order valence-electron chi connectivity index (χ3n) is 4.83. The van der Waals surface area contributed by atoms with E-state index in [4.69, 9.17) is 9.47 Å². The van der Waals surface area contributed by atoms with Crippen molar-refractivity contribution in [2.45, 2.75) is 26.8 Å². The predicted octanol–water partition coefficient (Wildman–Crippen LogP) is 2.71. The van der Waals surface area contributed by atoms with Crippen molar-refractivity contribution < 1.29 is 14.3 Å². The van der Waals surface area contributed by atoms with Crippen LogP contribution in [0.5, 0.6) is 11.5 Å². The van der Waals surface area contributed by atoms with Gasteiger partial charge in [0.2, 0.25) is 0 Å². The van der Waals surface area contributed by atoms with Gasteiger partial charge in [-0.25, -0.2) is 4.98 Å². The Bertz CT molecular complexity index is 1110. The Morgan fingerprint density at radius 2 is 1.86 bits per heavy atom. The maximum atomic E-state index is 12.6. The van der Waals surface area contributed by atoms with Crippen LogP contribution in [0.15, 0.2) is 41.2 Å². The van der Waals surface area contributed by atoms with Crippen molar-refractivity contribution in [2.75, 3.05) is 20.8 Å². The molecule has 2 aromatic carbocycles. The second-order valence-electron chi connectivity index (χ2n) is 6.65. The van der Waals surface area contributed by atoms with E-state index < -0.39 is 0 Å². The van der Waals surface area contributed by atoms with Gasteiger partial charge in [-0.15, -0.1) is 0 Å². The van der Waals surface area contributed by atoms with Crippen LogP contribution in [0.1, 0.15) is 28.5 Å². The summed E-state index contributed by atoms with van der Waals surface area (Å²) in [6, 6.07) is 10.9. The summed E-state index contributed by atoms with van der Waals surface area (Å²) in [6.45, 7) is 4.63. The van der Waals surface area contributed by atoms with Crippen molar-refractivity contribution >= 4 is 16.9 Å². The zero-order chi connectivity index (χ0) is 21.0. The standard InChI is InChI=1S/C22H25N3O4/c1-5-25-18-8-7-16(13-17(18)24-14(2)22(25)27)21(26)23-11-10-15-6-9-19(28-3)20(12-15)29-4/h6-9,12-13H,5,10-11H2,1-4H3,(H,23,26). The van der Waals surface area contributed by atoms with E-state index in [-0.39, 0.29) is 11.5 Å². The maximum absolute atomic E-state index is 12.6. The van der Waals surface area contributed by atoms with Gasteiger partial charge in [0.05, 0.1) is 25.3 Å². The lowest BCUT2D eigenvalue weighted by Gasteiger charge is -2.11. The molecule has 1 heterocycles. The number of aromatic nitrogens is 2. The Morgan fingerprint density at radius 1 is 1.10 bits per heavy atom. The molecule has 0 unspecified atom stereocenters. The first-order valence-electron chi connectivity index (χ1n) is 9.48. The molecule has 152 valence electrons. The van der Waals surface area contributed by atoms with E-state index in [1.165, 1.54) is 0 Å². The van der Waals surface area contributed by atoms with Crippen molar-refractivity contribution in [3.63, 3.8) is 0 Å². The zero-order valence-corrected chi connectivity index (χ0v) is 17.1. The molecule has 0 saturated heterocycles. The minimum Gasteiger partial charge on any atom is -0.493 e. The topological polar surface area (TPSA) is 82.5 Å². The summed E-state index contributed by atoms with van der Waals surface area (Å²) >= 11 is 0. The van der Waals surface area contributed by atoms with E-state index in [9.17, 15) is 9.59 Å². The monoisotopic (exact) mass is 395 g/mol. The Kier molecular flexibility index (Phi) is 6.16. The number of nitrogens with one attached hydrogen (secondary N) is 1. The van der Waals surface area contributed by atoms with Gasteiger partial charge in [0, 0.05) is 18.7 Å². The predicted molar refractivity (Wildman–Crippen MR) is 112 cm³/mol. The Hall–Kier alpha value is -3.35. The number of methoxy groups -OCH3 is 2. The molecule has 29 heavy (non-hydrogen) atoms. The van der Waals surface area contributed by atoms with Gasteiger partial charge in [-0.05, 0) is 56.2 Å². The summed E-state index contributed by atoms with van der Waals surface area (Å²) < 4.78 is 12.2. The van der Waals surface area contributed by atoms with E-state index in [2.05, 4.69) is 10.3 Å². The van der Waals surface area contributed by atoms with Crippen molar-refractivity contribution in [1.82, 2.24) is 14.9 Å². The van der Waals surface area contributed by atoms with Crippen LogP contribution in [-0.4, -0.2) is 36.2 Å². The molecule has 3 aromatic rings. The first-order chi connectivity index (χ1) is 14.0. The Balaban J connectivity index is 1.72. The molecular weight excluding hydrogens is 370 g/mol. The summed E-state index contributed by atoms with van der Waals surface area (Å²) in [4.78, 5) is 29.1. The van der Waals surface area contributed by atoms with Crippen LogP contribution in [0.2, 0.25) is 0 Å². The minimum atomic E-state index is -0.180. The van der Waals surface area contributed by atoms with Gasteiger partial charge in [0.25, 0.3) is 11.5 Å². The quantitative estimate of drug-likeness (QED) is 0.665. The fourth-order valence-corrected chi connectivity index (χ4v) is 3.29. The molecule has 0 atom stereocenters. The first kappa shape index (κ1) is 20.4. The highest BCUT2D eigenvalue weighted by molar-refractivity contribution is 5.97. The number of carbonyl (C=O) groups excluding carboxylic acids is 1. The number of nitrogens with zero attached hydrogens (tertiary/aromatic N) is 2. The molecule has 7 heteroatoms. The van der Waals surface area contributed by atoms with E-state index in [1.807, 2.05) is 25.1 Å². The number of aryl methyl sites for hydroxylation is 2. The zero-order valence-electron chi connectivity index (χ0n) is 17.1. The molecule has 1 aromatic heterocycles. The molecule has 0 saturated carbocycles. The van der Waals surface area contributed by atoms with Crippen LogP contribution >= 0.6 is 0 Å². The van der Waals surface area contributed by atoms with Crippen LogP contribution < -0.4 is 20.3 Å². The highest BCUT2D eigenvalue weighted by Crippen LogP contribution is 2.27. The van der Waals surface area contributed by atoms with Crippen molar-refractivity contribution in [1.29, 1.82) is 0 Å². The number of benzene rings is 2. The fourth-order valence-electron chi connectivity index (χ4n) is 3.29. The molecule has 0 spiro atoms. The van der Waals surface area contributed by atoms with E-state index in [1.54, 1.807) is 43.9 Å². The van der Waals surface area contributed by atoms with Crippen LogP contribution in [-0.2, 0) is 13.0 Å². The number of carbonyl (C=O) groups is 1. The largest absolute Gasteiger partial charge is 0.493 e. The Labute approximate surface area is 169 Å². The Morgan fingerprint density at radius 3 is 2.55 bits per heavy atom. The molecule has 0 aliphatic heterocycles. The molecule has 7 nitrogen and oxygen atoms in total. The van der Waals surface area contributed by atoms with Gasteiger partial charge in [-0.2, -0.15) is 0 Å². The van der Waals surface area contributed by atoms with Crippen LogP contribution in [0.3, 0.4) is 0 Å². The summed E-state index contributed by atoms with van der Waals surface area (Å²) in [6.07, 6.45) is 0.659. The summed E-state index contributed by atoms with van der Waals surface area (Å²) in [5, 5.41) is 2.93. The van der Waals surface area contributed by atoms with Crippen molar-refractivity contribution in [3.8, 4) is 11.5 Å². The van der Waals surface area contributed by atoms with Crippen LogP contribution in [0.25, 0.3) is 11.0 Å². The lowest BCUT2D eigenvalue weighted by Crippen LogP contribution is -2.26. The molecule has 0 aliphatic carbocycles. The SMILES string of the molecule is CCn1c(=O)c(C)nc2cc(C(=O)NCCc3ccc(OC)c(OC)c3)ccc21. The van der Waals surface area contributed by atoms with E-state index in [0.717, 1.165) is 11.1 Å². The molecule has 0 bridgehead atoms. The normalized spacial score (nSPS) is 10.8. The number of amides is 1. The van der Waals surface area contributed by atoms with Gasteiger partial charge >= 0.3 is 0 Å². The smallest absolute Gasteiger partial charge is 0.272 e. The van der Waals surface area contributed by atoms with Gasteiger partial charge < -0.3 is 19.4 Å². The number of ether oxygens (including phenoxy) is 2. The lowest BCUT2D eigenvalue weighted by atomic mass is 10.1. The molecular formula is C22H25N3O4. The van der Waals surface area contributed by atoms with Crippen LogP contribution in [0, 0.1) is 6.92 Å². The average Bonchev–Trinajstić information content (AvgIpc) is 2.74. The van der Waals surface area contributed by atoms with Crippen molar-refractivity contribution in [3.05, 3.63) is 63.6 Å². The molecule has 3 rings (SSSR count). The number of hydrogen-bond donors (Lipinski definition) is 1. The highest BCUT2D eigenvalue weighted by atomic mass is 16.5. The molecule has 1 amide bonds. The minimum absolute atomic E-state index is 0.105. The summed E-state index contributed by atoms with van der Waals surface area (Å²) in [7, 11) is 3.19. The molecule has 0 aliphatic rings. The molecule has 0 fully saturated rings. The van der Waals surface area contributed by atoms with Gasteiger partial charge in [-0.1, -0.05) is 6.07 Å².